The third-order valence-electron chi connectivity index (χ3n) is 0. The molecule has 5 nitrogen and oxygen atoms in total. The van der Waals surface area contributed by atoms with E-state index in [0.717, 1.165) is 0 Å². The molecule has 0 aliphatic carbocycles. The average molecular weight is 310 g/mol. The summed E-state index contributed by atoms with van der Waals surface area (Å²) in [6.07, 6.45) is 0. The van der Waals surface area contributed by atoms with Gasteiger partial charge in [-0.25, -0.2) is 0 Å². The summed E-state index contributed by atoms with van der Waals surface area (Å²) < 4.78 is 0. The van der Waals surface area contributed by atoms with Gasteiger partial charge < -0.3 is 30.4 Å². The Labute approximate surface area is 127 Å². The Kier molecular flexibility index (Phi) is 44.5. The first-order chi connectivity index (χ1) is 2.00. The maximum atomic E-state index is 7.33. The van der Waals surface area contributed by atoms with Gasteiger partial charge in [0.2, 0.25) is 0 Å². The fourth-order valence-corrected chi connectivity index (χ4v) is 0. The second-order valence-corrected chi connectivity index (χ2v) is 1.80. The van der Waals surface area contributed by atoms with Gasteiger partial charge in [0.25, 0.3) is 0 Å². The van der Waals surface area contributed by atoms with E-state index < -0.39 is 9.05 Å². The zero-order chi connectivity index (χ0) is 4.50. The molecule has 0 radical (unpaired) electrons. The standard InChI is InChI=1S/Al.Ba.Mg.H4O4Si.H2O.7H/c;;;1-5(2,3)4;;;;;;;;/h;;;1-4H;1H2;;;;;;;/q;2*+2;;;;;;4*-1. The molecule has 0 saturated carbocycles. The van der Waals surface area contributed by atoms with Crippen LogP contribution in [-0.4, -0.2) is 123 Å². The van der Waals surface area contributed by atoms with Crippen molar-refractivity contribution in [3.05, 3.63) is 0 Å². The van der Waals surface area contributed by atoms with Gasteiger partial charge in [0.05, 0.1) is 0 Å². The van der Waals surface area contributed by atoms with Gasteiger partial charge in [-0.3, -0.25) is 0 Å². The number of hydrogen-bond donors (Lipinski definition) is 4. The fourth-order valence-electron chi connectivity index (χ4n) is 0. The zero-order valence-corrected chi connectivity index (χ0v) is 11.1. The maximum Gasteiger partial charge on any atom is 2.00 e. The predicted molar refractivity (Wildman–Crippen MR) is 44.1 cm³/mol. The number of rotatable bonds is 0. The molecule has 54 valence electrons. The van der Waals surface area contributed by atoms with E-state index in [4.69, 9.17) is 19.2 Å². The van der Waals surface area contributed by atoms with Crippen LogP contribution < -0.4 is 0 Å². The van der Waals surface area contributed by atoms with Gasteiger partial charge in [0.1, 0.15) is 0 Å². The molecule has 0 rings (SSSR count). The van der Waals surface area contributed by atoms with Gasteiger partial charge in [0, 0.05) is 0 Å². The maximum absolute atomic E-state index is 7.33. The molecule has 0 aliphatic heterocycles. The van der Waals surface area contributed by atoms with Gasteiger partial charge in [-0.05, 0) is 0 Å². The Hall–Kier alpha value is 2.89. The Morgan fingerprint density at radius 3 is 1.00 bits per heavy atom. The van der Waals surface area contributed by atoms with E-state index in [9.17, 15) is 0 Å². The van der Waals surface area contributed by atoms with Crippen molar-refractivity contribution < 1.29 is 30.4 Å². The molecule has 0 aromatic heterocycles. The first kappa shape index (κ1) is 29.7. The topological polar surface area (TPSA) is 112 Å². The first-order valence-corrected chi connectivity index (χ1v) is 2.68. The van der Waals surface area contributed by atoms with Crippen LogP contribution in [0.5, 0.6) is 0 Å². The quantitative estimate of drug-likeness (QED) is 0.336. The summed E-state index contributed by atoms with van der Waals surface area (Å²) in [5, 5.41) is 0. The predicted octanol–water partition coefficient (Wildman–Crippen LogP) is -4.93. The molecule has 0 bridgehead atoms. The van der Waals surface area contributed by atoms with Crippen molar-refractivity contribution in [3.8, 4) is 0 Å². The van der Waals surface area contributed by atoms with E-state index in [0.29, 0.717) is 0 Å². The van der Waals surface area contributed by atoms with Crippen molar-refractivity contribution in [2.45, 2.75) is 0 Å². The summed E-state index contributed by atoms with van der Waals surface area (Å²) in [5.74, 6) is 0. The SMILES string of the molecule is O.O[Si](O)(O)O.[AlH3].[Ba+2].[H-].[H-].[H-].[H-].[Mg+2]. The third kappa shape index (κ3) is 103. The van der Waals surface area contributed by atoms with Crippen molar-refractivity contribution in [3.63, 3.8) is 0 Å². The number of hydrogen-bond acceptors (Lipinski definition) is 4. The van der Waals surface area contributed by atoms with Gasteiger partial charge >= 0.3 is 81.0 Å². The van der Waals surface area contributed by atoms with E-state index in [-0.39, 0.29) is 100 Å². The van der Waals surface area contributed by atoms with Gasteiger partial charge in [0.15, 0.2) is 17.4 Å². The second kappa shape index (κ2) is 13.5. The Morgan fingerprint density at radius 1 is 1.00 bits per heavy atom. The third-order valence-corrected chi connectivity index (χ3v) is 0. The van der Waals surface area contributed by atoms with Crippen molar-refractivity contribution in [1.29, 1.82) is 0 Å². The molecule has 9 heavy (non-hydrogen) atoms. The van der Waals surface area contributed by atoms with Crippen LogP contribution >= 0.6 is 0 Å². The molecule has 0 fully saturated rings. The van der Waals surface area contributed by atoms with Crippen LogP contribution in [0.1, 0.15) is 5.71 Å². The van der Waals surface area contributed by atoms with E-state index in [1.807, 2.05) is 0 Å². The smallest absolute Gasteiger partial charge is 1.00 e. The molecule has 0 aromatic rings. The molecule has 0 aliphatic rings. The van der Waals surface area contributed by atoms with Crippen LogP contribution in [0.25, 0.3) is 0 Å². The molecule has 9 heteroatoms. The van der Waals surface area contributed by atoms with E-state index in [2.05, 4.69) is 0 Å². The van der Waals surface area contributed by atoms with Crippen LogP contribution in [0.15, 0.2) is 0 Å². The average Bonchev–Trinajstić information content (AvgIpc) is 0.722. The molecule has 0 atom stereocenters. The van der Waals surface area contributed by atoms with Crippen molar-refractivity contribution in [2.75, 3.05) is 0 Å². The summed E-state index contributed by atoms with van der Waals surface area (Å²) in [7, 11) is -4.61. The molecule has 0 aromatic carbocycles. The van der Waals surface area contributed by atoms with Crippen LogP contribution in [0.3, 0.4) is 0 Å². The van der Waals surface area contributed by atoms with E-state index in [1.165, 1.54) is 0 Å². The minimum Gasteiger partial charge on any atom is -1.00 e. The molecular formula is H13AlBaMgO5Si. The summed E-state index contributed by atoms with van der Waals surface area (Å²) in [6, 6.07) is 0. The molecule has 0 spiro atoms. The fraction of sp³-hybridized carbons (Fsp3) is 0. The zero-order valence-electron chi connectivity index (χ0n) is 8.20. The second-order valence-electron chi connectivity index (χ2n) is 0.600. The Bertz CT molecular complexity index is 44.0. The first-order valence-electron chi connectivity index (χ1n) is 0.894. The summed E-state index contributed by atoms with van der Waals surface area (Å²) in [6.45, 7) is 0. The van der Waals surface area contributed by atoms with Gasteiger partial charge in [-0.2, -0.15) is 0 Å². The van der Waals surface area contributed by atoms with Crippen molar-refractivity contribution >= 4 is 98.3 Å². The molecule has 6 N–H and O–H groups in total. The monoisotopic (exact) mass is 310 g/mol. The Balaban J connectivity index is -0.00000000286. The molecular weight excluding hydrogens is 297 g/mol. The van der Waals surface area contributed by atoms with Crippen LogP contribution in [0.4, 0.5) is 0 Å². The van der Waals surface area contributed by atoms with Gasteiger partial charge in [-0.1, -0.05) is 0 Å². The molecule has 0 unspecified atom stereocenters. The minimum absolute atomic E-state index is 0. The van der Waals surface area contributed by atoms with Crippen LogP contribution in [0, 0.1) is 0 Å². The van der Waals surface area contributed by atoms with Crippen LogP contribution in [0.2, 0.25) is 0 Å². The van der Waals surface area contributed by atoms with Crippen LogP contribution in [-0.2, 0) is 0 Å². The van der Waals surface area contributed by atoms with Crippen molar-refractivity contribution in [2.24, 2.45) is 0 Å². The molecule has 0 saturated heterocycles. The van der Waals surface area contributed by atoms with Gasteiger partial charge in [-0.15, -0.1) is 0 Å². The normalized spacial score (nSPS) is 6.67. The minimum atomic E-state index is -4.61. The van der Waals surface area contributed by atoms with E-state index in [1.54, 1.807) is 0 Å². The summed E-state index contributed by atoms with van der Waals surface area (Å²) >= 11 is 0. The molecule has 0 amide bonds. The van der Waals surface area contributed by atoms with E-state index >= 15 is 0 Å². The van der Waals surface area contributed by atoms with Crippen molar-refractivity contribution in [1.82, 2.24) is 0 Å². The molecule has 0 heterocycles. The summed E-state index contributed by atoms with van der Waals surface area (Å²) in [4.78, 5) is 29.3. The Morgan fingerprint density at radius 2 is 1.00 bits per heavy atom. The largest absolute Gasteiger partial charge is 2.00 e. The summed E-state index contributed by atoms with van der Waals surface area (Å²) in [5.41, 5.74) is 0.